The molecule has 0 aromatic carbocycles. The third-order valence-electron chi connectivity index (χ3n) is 1.65. The zero-order chi connectivity index (χ0) is 11.3. The summed E-state index contributed by atoms with van der Waals surface area (Å²) in [6.45, 7) is 1.96. The summed E-state index contributed by atoms with van der Waals surface area (Å²) in [5, 5.41) is 0. The van der Waals surface area contributed by atoms with Crippen molar-refractivity contribution in [3.63, 3.8) is 0 Å². The maximum absolute atomic E-state index is 11.2. The lowest BCUT2D eigenvalue weighted by Gasteiger charge is -2.04. The number of hydrogen-bond acceptors (Lipinski definition) is 4. The van der Waals surface area contributed by atoms with E-state index in [1.54, 1.807) is 12.4 Å². The Labute approximate surface area is 93.9 Å². The minimum atomic E-state index is -3.29. The number of aryl methyl sites for hydroxylation is 1. The van der Waals surface area contributed by atoms with E-state index in [1.807, 2.05) is 6.92 Å². The molecule has 0 aliphatic heterocycles. The van der Waals surface area contributed by atoms with E-state index in [0.717, 1.165) is 5.69 Å². The molecule has 0 unspecified atom stereocenters. The molecule has 1 aromatic heterocycles. The summed E-state index contributed by atoms with van der Waals surface area (Å²) in [5.41, 5.74) is 1.38. The monoisotopic (exact) mass is 249 g/mol. The van der Waals surface area contributed by atoms with Gasteiger partial charge in [-0.15, -0.1) is 11.6 Å². The van der Waals surface area contributed by atoms with E-state index >= 15 is 0 Å². The fourth-order valence-corrected chi connectivity index (χ4v) is 2.19. The first-order valence-electron chi connectivity index (χ1n) is 4.34. The molecule has 7 heteroatoms. The molecule has 0 aliphatic carbocycles. The Balaban J connectivity index is 2.54. The molecule has 1 heterocycles. The molecule has 1 rings (SSSR count). The highest BCUT2D eigenvalue weighted by Crippen LogP contribution is 1.95. The lowest BCUT2D eigenvalue weighted by Crippen LogP contribution is -2.27. The van der Waals surface area contributed by atoms with Crippen molar-refractivity contribution in [3.8, 4) is 0 Å². The quantitative estimate of drug-likeness (QED) is 0.769. The van der Waals surface area contributed by atoms with Crippen molar-refractivity contribution >= 4 is 21.6 Å². The normalized spacial score (nSPS) is 11.6. The van der Waals surface area contributed by atoms with Crippen LogP contribution in [0.2, 0.25) is 0 Å². The SMILES string of the molecule is Cc1cnc(CNS(=O)(=O)CCCl)cn1. The van der Waals surface area contributed by atoms with Crippen molar-refractivity contribution in [1.29, 1.82) is 0 Å². The van der Waals surface area contributed by atoms with Gasteiger partial charge in [0.2, 0.25) is 10.0 Å². The lowest BCUT2D eigenvalue weighted by atomic mass is 10.4. The van der Waals surface area contributed by atoms with Crippen LogP contribution >= 0.6 is 11.6 Å². The van der Waals surface area contributed by atoms with E-state index in [0.29, 0.717) is 5.69 Å². The molecular weight excluding hydrogens is 238 g/mol. The van der Waals surface area contributed by atoms with Crippen LogP contribution in [0.15, 0.2) is 12.4 Å². The number of alkyl halides is 1. The summed E-state index contributed by atoms with van der Waals surface area (Å²) in [6.07, 6.45) is 3.13. The molecule has 0 fully saturated rings. The third kappa shape index (κ3) is 4.55. The Morgan fingerprint density at radius 3 is 2.67 bits per heavy atom. The number of rotatable bonds is 5. The van der Waals surface area contributed by atoms with Gasteiger partial charge in [-0.3, -0.25) is 9.97 Å². The van der Waals surface area contributed by atoms with Crippen LogP contribution in [0, 0.1) is 6.92 Å². The Morgan fingerprint density at radius 2 is 2.13 bits per heavy atom. The predicted molar refractivity (Wildman–Crippen MR) is 58.1 cm³/mol. The first-order chi connectivity index (χ1) is 7.03. The van der Waals surface area contributed by atoms with Gasteiger partial charge in [0.1, 0.15) is 0 Å². The van der Waals surface area contributed by atoms with Crippen LogP contribution in [-0.2, 0) is 16.6 Å². The van der Waals surface area contributed by atoms with Gasteiger partial charge in [0.05, 0.1) is 29.9 Å². The molecule has 0 saturated carbocycles. The highest BCUT2D eigenvalue weighted by molar-refractivity contribution is 7.89. The van der Waals surface area contributed by atoms with Crippen molar-refractivity contribution in [2.24, 2.45) is 0 Å². The molecule has 1 N–H and O–H groups in total. The Morgan fingerprint density at radius 1 is 1.40 bits per heavy atom. The molecule has 0 saturated heterocycles. The summed E-state index contributed by atoms with van der Waals surface area (Å²) in [7, 11) is -3.29. The van der Waals surface area contributed by atoms with E-state index in [1.165, 1.54) is 0 Å². The van der Waals surface area contributed by atoms with Crippen LogP contribution in [0.4, 0.5) is 0 Å². The molecule has 5 nitrogen and oxygen atoms in total. The minimum Gasteiger partial charge on any atom is -0.258 e. The molecule has 84 valence electrons. The molecule has 0 spiro atoms. The highest BCUT2D eigenvalue weighted by Gasteiger charge is 2.08. The summed E-state index contributed by atoms with van der Waals surface area (Å²) in [6, 6.07) is 0. The second-order valence-electron chi connectivity index (χ2n) is 2.98. The van der Waals surface area contributed by atoms with Crippen molar-refractivity contribution in [1.82, 2.24) is 14.7 Å². The molecule has 0 amide bonds. The average molecular weight is 250 g/mol. The van der Waals surface area contributed by atoms with Gasteiger partial charge in [-0.2, -0.15) is 0 Å². The van der Waals surface area contributed by atoms with Gasteiger partial charge in [-0.25, -0.2) is 13.1 Å². The molecule has 0 radical (unpaired) electrons. The molecule has 0 aliphatic rings. The number of aromatic nitrogens is 2. The maximum atomic E-state index is 11.2. The topological polar surface area (TPSA) is 72.0 Å². The highest BCUT2D eigenvalue weighted by atomic mass is 35.5. The summed E-state index contributed by atoms with van der Waals surface area (Å²) in [4.78, 5) is 8.02. The summed E-state index contributed by atoms with van der Waals surface area (Å²) in [5.74, 6) is -0.0112. The van der Waals surface area contributed by atoms with Gasteiger partial charge in [-0.1, -0.05) is 0 Å². The van der Waals surface area contributed by atoms with E-state index in [4.69, 9.17) is 11.6 Å². The maximum Gasteiger partial charge on any atom is 0.213 e. The Hall–Kier alpha value is -0.720. The van der Waals surface area contributed by atoms with Crippen LogP contribution in [0.1, 0.15) is 11.4 Å². The fourth-order valence-electron chi connectivity index (χ4n) is 0.868. The van der Waals surface area contributed by atoms with Crippen LogP contribution in [-0.4, -0.2) is 30.0 Å². The van der Waals surface area contributed by atoms with Gasteiger partial charge < -0.3 is 0 Å². The second-order valence-corrected chi connectivity index (χ2v) is 5.28. The standard InChI is InChI=1S/C8H12ClN3O2S/c1-7-4-11-8(5-10-7)6-12-15(13,14)3-2-9/h4-5,12H,2-3,6H2,1H3. The van der Waals surface area contributed by atoms with Crippen LogP contribution in [0.5, 0.6) is 0 Å². The minimum absolute atomic E-state index is 0.0783. The van der Waals surface area contributed by atoms with Crippen molar-refractivity contribution in [3.05, 3.63) is 23.8 Å². The molecule has 1 aromatic rings. The number of nitrogens with zero attached hydrogens (tertiary/aromatic N) is 2. The zero-order valence-electron chi connectivity index (χ0n) is 8.27. The number of nitrogens with one attached hydrogen (secondary N) is 1. The van der Waals surface area contributed by atoms with E-state index in [9.17, 15) is 8.42 Å². The third-order valence-corrected chi connectivity index (χ3v) is 3.39. The van der Waals surface area contributed by atoms with E-state index < -0.39 is 10.0 Å². The summed E-state index contributed by atoms with van der Waals surface area (Å²) < 4.78 is 24.8. The van der Waals surface area contributed by atoms with Crippen LogP contribution < -0.4 is 4.72 Å². The zero-order valence-corrected chi connectivity index (χ0v) is 9.85. The van der Waals surface area contributed by atoms with E-state index in [-0.39, 0.29) is 18.2 Å². The fraction of sp³-hybridized carbons (Fsp3) is 0.500. The number of sulfonamides is 1. The molecule has 15 heavy (non-hydrogen) atoms. The molecular formula is C8H12ClN3O2S. The van der Waals surface area contributed by atoms with Gasteiger partial charge in [0.15, 0.2) is 0 Å². The Kier molecular flexibility index (Phi) is 4.44. The number of halogens is 1. The van der Waals surface area contributed by atoms with Gasteiger partial charge in [0, 0.05) is 12.1 Å². The van der Waals surface area contributed by atoms with Gasteiger partial charge >= 0.3 is 0 Å². The van der Waals surface area contributed by atoms with Crippen molar-refractivity contribution < 1.29 is 8.42 Å². The predicted octanol–water partition coefficient (Wildman–Crippen LogP) is 0.443. The lowest BCUT2D eigenvalue weighted by molar-refractivity contribution is 0.582. The van der Waals surface area contributed by atoms with Crippen molar-refractivity contribution in [2.45, 2.75) is 13.5 Å². The van der Waals surface area contributed by atoms with Crippen LogP contribution in [0.3, 0.4) is 0 Å². The van der Waals surface area contributed by atoms with Gasteiger partial charge in [-0.05, 0) is 6.92 Å². The average Bonchev–Trinajstić information content (AvgIpc) is 2.17. The van der Waals surface area contributed by atoms with E-state index in [2.05, 4.69) is 14.7 Å². The first-order valence-corrected chi connectivity index (χ1v) is 6.53. The molecule has 0 atom stereocenters. The smallest absolute Gasteiger partial charge is 0.213 e. The Bertz CT molecular complexity index is 404. The van der Waals surface area contributed by atoms with Crippen molar-refractivity contribution in [2.75, 3.05) is 11.6 Å². The first kappa shape index (κ1) is 12.4. The van der Waals surface area contributed by atoms with Crippen LogP contribution in [0.25, 0.3) is 0 Å². The van der Waals surface area contributed by atoms with Gasteiger partial charge in [0.25, 0.3) is 0 Å². The summed E-state index contributed by atoms with van der Waals surface area (Å²) >= 11 is 5.34. The second kappa shape index (κ2) is 5.39. The number of hydrogen-bond donors (Lipinski definition) is 1. The largest absolute Gasteiger partial charge is 0.258 e. The molecule has 0 bridgehead atoms.